The minimum absolute atomic E-state index is 0.251. The van der Waals surface area contributed by atoms with Crippen LogP contribution in [-0.2, 0) is 26.6 Å². The van der Waals surface area contributed by atoms with Gasteiger partial charge in [-0.1, -0.05) is 35.9 Å². The van der Waals surface area contributed by atoms with Crippen LogP contribution in [0.4, 0.5) is 0 Å². The highest BCUT2D eigenvalue weighted by Crippen LogP contribution is 2.38. The van der Waals surface area contributed by atoms with Crippen molar-refractivity contribution in [3.05, 3.63) is 69.7 Å². The molecule has 3 rings (SSSR count). The van der Waals surface area contributed by atoms with E-state index in [0.717, 1.165) is 32.5 Å². The van der Waals surface area contributed by atoms with Crippen molar-refractivity contribution in [2.75, 3.05) is 27.9 Å². The van der Waals surface area contributed by atoms with Gasteiger partial charge in [-0.25, -0.2) is 4.98 Å². The molecule has 0 saturated heterocycles. The van der Waals surface area contributed by atoms with Gasteiger partial charge in [-0.15, -0.1) is 11.3 Å². The first-order valence-corrected chi connectivity index (χ1v) is 10.6. The lowest BCUT2D eigenvalue weighted by molar-refractivity contribution is -0.244. The van der Waals surface area contributed by atoms with Crippen LogP contribution in [0.2, 0.25) is 0 Å². The quantitative estimate of drug-likeness (QED) is 0.428. The third-order valence-electron chi connectivity index (χ3n) is 5.13. The van der Waals surface area contributed by atoms with Crippen LogP contribution in [0.1, 0.15) is 27.3 Å². The second-order valence-corrected chi connectivity index (χ2v) is 8.25. The molecule has 2 aromatic carbocycles. The van der Waals surface area contributed by atoms with Gasteiger partial charge in [-0.05, 0) is 44.0 Å². The van der Waals surface area contributed by atoms with E-state index >= 15 is 0 Å². The Hall–Kier alpha value is -2.25. The summed E-state index contributed by atoms with van der Waals surface area (Å²) in [4.78, 5) is 5.72. The molecule has 0 saturated carbocycles. The van der Waals surface area contributed by atoms with Crippen LogP contribution in [-0.4, -0.2) is 32.9 Å². The smallest absolute Gasteiger partial charge is 0.230 e. The van der Waals surface area contributed by atoms with E-state index in [2.05, 4.69) is 32.0 Å². The molecule has 5 nitrogen and oxygen atoms in total. The summed E-state index contributed by atoms with van der Waals surface area (Å²) in [5, 5.41) is 0.952. The van der Waals surface area contributed by atoms with Gasteiger partial charge in [-0.3, -0.25) is 0 Å². The van der Waals surface area contributed by atoms with Crippen LogP contribution < -0.4 is 4.74 Å². The van der Waals surface area contributed by atoms with Crippen molar-refractivity contribution in [2.45, 2.75) is 33.2 Å². The average Bonchev–Trinajstić information content (AvgIpc) is 3.13. The van der Waals surface area contributed by atoms with Crippen LogP contribution in [0.15, 0.2) is 42.5 Å². The molecule has 1 aromatic heterocycles. The average molecular weight is 428 g/mol. The highest BCUT2D eigenvalue weighted by molar-refractivity contribution is 7.15. The fourth-order valence-electron chi connectivity index (χ4n) is 3.40. The van der Waals surface area contributed by atoms with Crippen LogP contribution >= 0.6 is 11.3 Å². The summed E-state index contributed by atoms with van der Waals surface area (Å²) in [6, 6.07) is 14.2. The zero-order valence-electron chi connectivity index (χ0n) is 18.4. The topological polar surface area (TPSA) is 49.8 Å². The molecular weight excluding hydrogens is 398 g/mol. The molecule has 0 radical (unpaired) electrons. The molecule has 0 bridgehead atoms. The van der Waals surface area contributed by atoms with E-state index in [1.165, 1.54) is 11.1 Å². The first-order chi connectivity index (χ1) is 14.4. The Bertz CT molecular complexity index is 977. The van der Waals surface area contributed by atoms with Crippen molar-refractivity contribution in [1.29, 1.82) is 0 Å². The van der Waals surface area contributed by atoms with Crippen molar-refractivity contribution in [1.82, 2.24) is 4.98 Å². The summed E-state index contributed by atoms with van der Waals surface area (Å²) in [5.41, 5.74) is 5.49. The van der Waals surface area contributed by atoms with Crippen LogP contribution in [0.5, 0.6) is 5.75 Å². The van der Waals surface area contributed by atoms with E-state index in [9.17, 15) is 0 Å². The highest BCUT2D eigenvalue weighted by Gasteiger charge is 2.37. The molecule has 30 heavy (non-hydrogen) atoms. The second-order valence-electron chi connectivity index (χ2n) is 7.25. The van der Waals surface area contributed by atoms with Crippen LogP contribution in [0.25, 0.3) is 10.6 Å². The maximum atomic E-state index is 5.99. The van der Waals surface area contributed by atoms with Crippen molar-refractivity contribution in [3.8, 4) is 16.3 Å². The Kier molecular flexibility index (Phi) is 7.26. The van der Waals surface area contributed by atoms with Gasteiger partial charge in [0, 0.05) is 19.8 Å². The predicted molar refractivity (Wildman–Crippen MR) is 120 cm³/mol. The molecule has 0 amide bonds. The molecule has 6 heteroatoms. The first kappa shape index (κ1) is 22.4. The summed E-state index contributed by atoms with van der Waals surface area (Å²) in [6.07, 6.45) is 0. The number of hydrogen-bond acceptors (Lipinski definition) is 6. The predicted octanol–water partition coefficient (Wildman–Crippen LogP) is 5.41. The maximum absolute atomic E-state index is 5.99. The normalized spacial score (nSPS) is 11.7. The standard InChI is InChI=1S/C24H29NO4S/c1-16-7-12-21(17(2)13-16)23-25-18(3)22(30-23)24(27-5,28-6)15-29-14-19-8-10-20(26-4)11-9-19/h7-13H,14-15H2,1-6H3. The Morgan fingerprint density at radius 2 is 1.63 bits per heavy atom. The third kappa shape index (κ3) is 4.73. The first-order valence-electron chi connectivity index (χ1n) is 9.79. The highest BCUT2D eigenvalue weighted by atomic mass is 32.1. The molecule has 0 aliphatic rings. The summed E-state index contributed by atoms with van der Waals surface area (Å²) in [7, 11) is 4.92. The van der Waals surface area contributed by atoms with Crippen molar-refractivity contribution in [2.24, 2.45) is 0 Å². The summed E-state index contributed by atoms with van der Waals surface area (Å²) < 4.78 is 22.9. The molecule has 0 N–H and O–H groups in total. The van der Waals surface area contributed by atoms with E-state index < -0.39 is 5.79 Å². The molecule has 160 valence electrons. The van der Waals surface area contributed by atoms with Crippen molar-refractivity contribution < 1.29 is 18.9 Å². The van der Waals surface area contributed by atoms with Gasteiger partial charge >= 0.3 is 0 Å². The van der Waals surface area contributed by atoms with Gasteiger partial charge in [0.2, 0.25) is 5.79 Å². The van der Waals surface area contributed by atoms with E-state index in [1.807, 2.05) is 31.2 Å². The lowest BCUT2D eigenvalue weighted by Crippen LogP contribution is -2.36. The van der Waals surface area contributed by atoms with Gasteiger partial charge in [0.25, 0.3) is 0 Å². The number of hydrogen-bond donors (Lipinski definition) is 0. The number of aromatic nitrogens is 1. The minimum atomic E-state index is -1.01. The Balaban J connectivity index is 1.81. The fraction of sp³-hybridized carbons (Fsp3) is 0.375. The van der Waals surface area contributed by atoms with Crippen LogP contribution in [0.3, 0.4) is 0 Å². The van der Waals surface area contributed by atoms with E-state index in [-0.39, 0.29) is 6.61 Å². The van der Waals surface area contributed by atoms with E-state index in [0.29, 0.717) is 6.61 Å². The van der Waals surface area contributed by atoms with Gasteiger partial charge in [0.15, 0.2) is 0 Å². The van der Waals surface area contributed by atoms with E-state index in [1.54, 1.807) is 32.7 Å². The SMILES string of the molecule is COc1ccc(COCC(OC)(OC)c2sc(-c3ccc(C)cc3C)nc2C)cc1. The Morgan fingerprint density at radius 3 is 2.23 bits per heavy atom. The summed E-state index contributed by atoms with van der Waals surface area (Å²) >= 11 is 1.58. The number of rotatable bonds is 9. The summed E-state index contributed by atoms with van der Waals surface area (Å²) in [5.74, 6) is -0.188. The third-order valence-corrected chi connectivity index (χ3v) is 6.45. The molecule has 0 aliphatic heterocycles. The zero-order valence-corrected chi connectivity index (χ0v) is 19.3. The lowest BCUT2D eigenvalue weighted by Gasteiger charge is -2.30. The number of benzene rings is 2. The van der Waals surface area contributed by atoms with Crippen molar-refractivity contribution in [3.63, 3.8) is 0 Å². The molecule has 1 heterocycles. The molecular formula is C24H29NO4S. The maximum Gasteiger partial charge on any atom is 0.230 e. The zero-order chi connectivity index (χ0) is 21.7. The summed E-state index contributed by atoms with van der Waals surface area (Å²) in [6.45, 7) is 6.88. The second kappa shape index (κ2) is 9.71. The molecule has 0 spiro atoms. The number of thiazole rings is 1. The number of nitrogens with zero attached hydrogens (tertiary/aromatic N) is 1. The number of methoxy groups -OCH3 is 3. The van der Waals surface area contributed by atoms with Gasteiger partial charge < -0.3 is 18.9 Å². The Morgan fingerprint density at radius 1 is 0.933 bits per heavy atom. The number of ether oxygens (including phenoxy) is 4. The van der Waals surface area contributed by atoms with Gasteiger partial charge in [-0.2, -0.15) is 0 Å². The molecule has 3 aromatic rings. The molecule has 0 aliphatic carbocycles. The fourth-order valence-corrected chi connectivity index (χ4v) is 4.69. The minimum Gasteiger partial charge on any atom is -0.497 e. The monoisotopic (exact) mass is 427 g/mol. The van der Waals surface area contributed by atoms with E-state index in [4.69, 9.17) is 23.9 Å². The largest absolute Gasteiger partial charge is 0.497 e. The molecule has 0 atom stereocenters. The van der Waals surface area contributed by atoms with Crippen LogP contribution in [0, 0.1) is 20.8 Å². The lowest BCUT2D eigenvalue weighted by atomic mass is 10.1. The number of aryl methyl sites for hydroxylation is 3. The van der Waals surface area contributed by atoms with Crippen molar-refractivity contribution >= 4 is 11.3 Å². The molecule has 0 unspecified atom stereocenters. The Labute approximate surface area is 182 Å². The van der Waals surface area contributed by atoms with Gasteiger partial charge in [0.05, 0.1) is 24.3 Å². The van der Waals surface area contributed by atoms with Gasteiger partial charge in [0.1, 0.15) is 17.4 Å². The molecule has 0 fully saturated rings.